The second-order valence-corrected chi connectivity index (χ2v) is 7.53. The first-order valence-corrected chi connectivity index (χ1v) is 8.90. The summed E-state index contributed by atoms with van der Waals surface area (Å²) in [7, 11) is 2.34. The van der Waals surface area contributed by atoms with Crippen LogP contribution in [0.5, 0.6) is 0 Å². The summed E-state index contributed by atoms with van der Waals surface area (Å²) in [4.78, 5) is 5.42. The molecule has 3 rings (SSSR count). The predicted octanol–water partition coefficient (Wildman–Crippen LogP) is 2.45. The molecule has 0 aromatic rings. The maximum Gasteiger partial charge on any atom is 0.0250 e. The lowest BCUT2D eigenvalue weighted by molar-refractivity contribution is 0.0984. The van der Waals surface area contributed by atoms with Crippen LogP contribution in [-0.2, 0) is 0 Å². The van der Waals surface area contributed by atoms with Crippen molar-refractivity contribution >= 4 is 0 Å². The van der Waals surface area contributed by atoms with Crippen molar-refractivity contribution in [1.82, 2.24) is 9.80 Å². The summed E-state index contributed by atoms with van der Waals surface area (Å²) >= 11 is 0. The summed E-state index contributed by atoms with van der Waals surface area (Å²) in [6, 6.07) is 2.72. The van der Waals surface area contributed by atoms with E-state index in [1.165, 1.54) is 64.5 Å². The van der Waals surface area contributed by atoms with Crippen LogP contribution in [0.2, 0.25) is 0 Å². The number of hydrogen-bond donors (Lipinski definition) is 1. The van der Waals surface area contributed by atoms with Gasteiger partial charge in [0.1, 0.15) is 0 Å². The van der Waals surface area contributed by atoms with Gasteiger partial charge in [-0.1, -0.05) is 19.8 Å². The molecule has 3 aliphatic rings. The molecule has 0 amide bonds. The van der Waals surface area contributed by atoms with Crippen molar-refractivity contribution in [3.63, 3.8) is 0 Å². The molecule has 0 spiro atoms. The molecule has 2 heterocycles. The van der Waals surface area contributed by atoms with Gasteiger partial charge in [0, 0.05) is 37.3 Å². The van der Waals surface area contributed by atoms with E-state index in [1.54, 1.807) is 0 Å². The van der Waals surface area contributed by atoms with E-state index >= 15 is 0 Å². The molecule has 20 heavy (non-hydrogen) atoms. The maximum absolute atomic E-state index is 6.50. The lowest BCUT2D eigenvalue weighted by Crippen LogP contribution is -2.53. The van der Waals surface area contributed by atoms with E-state index in [-0.39, 0.29) is 0 Å². The SMILES string of the molecule is CCCC1CCC(N)C(N2CCC3CCC(C2)N3C)C1. The highest BCUT2D eigenvalue weighted by molar-refractivity contribution is 4.96. The third kappa shape index (κ3) is 2.90. The van der Waals surface area contributed by atoms with Gasteiger partial charge in [-0.2, -0.15) is 0 Å². The third-order valence-corrected chi connectivity index (χ3v) is 6.32. The molecule has 2 aliphatic heterocycles. The molecule has 0 radical (unpaired) electrons. The van der Waals surface area contributed by atoms with Crippen LogP contribution in [0.3, 0.4) is 0 Å². The first-order chi connectivity index (χ1) is 9.69. The van der Waals surface area contributed by atoms with Crippen molar-refractivity contribution in [2.75, 3.05) is 20.1 Å². The van der Waals surface area contributed by atoms with Gasteiger partial charge in [-0.25, -0.2) is 0 Å². The molecule has 0 aromatic heterocycles. The minimum atomic E-state index is 0.421. The van der Waals surface area contributed by atoms with Gasteiger partial charge in [-0.3, -0.25) is 9.80 Å². The fourth-order valence-corrected chi connectivity index (χ4v) is 4.98. The average Bonchev–Trinajstić information content (AvgIpc) is 2.67. The van der Waals surface area contributed by atoms with Crippen molar-refractivity contribution in [2.24, 2.45) is 11.7 Å². The van der Waals surface area contributed by atoms with Crippen LogP contribution in [0.4, 0.5) is 0 Å². The zero-order valence-electron chi connectivity index (χ0n) is 13.4. The third-order valence-electron chi connectivity index (χ3n) is 6.32. The number of likely N-dealkylation sites (tertiary alicyclic amines) is 1. The molecule has 3 fully saturated rings. The lowest BCUT2D eigenvalue weighted by Gasteiger charge is -2.42. The zero-order valence-corrected chi connectivity index (χ0v) is 13.4. The van der Waals surface area contributed by atoms with E-state index in [0.29, 0.717) is 12.1 Å². The summed E-state index contributed by atoms with van der Waals surface area (Å²) < 4.78 is 0. The Balaban J connectivity index is 1.65. The Kier molecular flexibility index (Phi) is 4.68. The van der Waals surface area contributed by atoms with Crippen LogP contribution in [0.15, 0.2) is 0 Å². The Morgan fingerprint density at radius 3 is 2.65 bits per heavy atom. The largest absolute Gasteiger partial charge is 0.326 e. The summed E-state index contributed by atoms with van der Waals surface area (Å²) in [5.41, 5.74) is 6.50. The molecule has 2 saturated heterocycles. The average molecular weight is 279 g/mol. The summed E-state index contributed by atoms with van der Waals surface area (Å²) in [6.45, 7) is 4.87. The van der Waals surface area contributed by atoms with Crippen molar-refractivity contribution in [1.29, 1.82) is 0 Å². The van der Waals surface area contributed by atoms with Gasteiger partial charge in [0.25, 0.3) is 0 Å². The van der Waals surface area contributed by atoms with Gasteiger partial charge in [0.15, 0.2) is 0 Å². The molecule has 5 atom stereocenters. The molecular formula is C17H33N3. The first-order valence-electron chi connectivity index (χ1n) is 8.90. The second kappa shape index (κ2) is 6.33. The molecule has 3 nitrogen and oxygen atoms in total. The Bertz CT molecular complexity index is 319. The fraction of sp³-hybridized carbons (Fsp3) is 1.00. The normalized spacial score (nSPS) is 43.6. The van der Waals surface area contributed by atoms with Gasteiger partial charge < -0.3 is 5.73 Å². The topological polar surface area (TPSA) is 32.5 Å². The molecule has 2 bridgehead atoms. The van der Waals surface area contributed by atoms with Gasteiger partial charge in [-0.15, -0.1) is 0 Å². The van der Waals surface area contributed by atoms with Gasteiger partial charge in [0.05, 0.1) is 0 Å². The minimum absolute atomic E-state index is 0.421. The van der Waals surface area contributed by atoms with E-state index in [4.69, 9.17) is 5.73 Å². The van der Waals surface area contributed by atoms with Crippen molar-refractivity contribution in [3.05, 3.63) is 0 Å². The van der Waals surface area contributed by atoms with Crippen molar-refractivity contribution in [3.8, 4) is 0 Å². The monoisotopic (exact) mass is 279 g/mol. The molecule has 5 unspecified atom stereocenters. The van der Waals surface area contributed by atoms with Gasteiger partial charge >= 0.3 is 0 Å². The highest BCUT2D eigenvalue weighted by atomic mass is 15.3. The van der Waals surface area contributed by atoms with E-state index < -0.39 is 0 Å². The molecule has 1 aliphatic carbocycles. The van der Waals surface area contributed by atoms with E-state index in [0.717, 1.165) is 18.0 Å². The minimum Gasteiger partial charge on any atom is -0.326 e. The molecule has 0 aromatic carbocycles. The molecule has 1 saturated carbocycles. The fourth-order valence-electron chi connectivity index (χ4n) is 4.98. The van der Waals surface area contributed by atoms with Crippen LogP contribution in [0, 0.1) is 5.92 Å². The van der Waals surface area contributed by atoms with E-state index in [1.807, 2.05) is 0 Å². The molecular weight excluding hydrogens is 246 g/mol. The number of nitrogens with two attached hydrogens (primary N) is 1. The number of likely N-dealkylation sites (N-methyl/N-ethyl adjacent to an activating group) is 1. The number of rotatable bonds is 3. The highest BCUT2D eigenvalue weighted by Crippen LogP contribution is 2.34. The van der Waals surface area contributed by atoms with Crippen LogP contribution >= 0.6 is 0 Å². The van der Waals surface area contributed by atoms with Crippen LogP contribution in [0.1, 0.15) is 58.3 Å². The Morgan fingerprint density at radius 2 is 1.85 bits per heavy atom. The number of fused-ring (bicyclic) bond motifs is 2. The Labute approximate surface area is 124 Å². The first kappa shape index (κ1) is 14.8. The van der Waals surface area contributed by atoms with Crippen LogP contribution in [0.25, 0.3) is 0 Å². The quantitative estimate of drug-likeness (QED) is 0.861. The maximum atomic E-state index is 6.50. The molecule has 116 valence electrons. The van der Waals surface area contributed by atoms with Crippen molar-refractivity contribution in [2.45, 2.75) is 82.5 Å². The zero-order chi connectivity index (χ0) is 14.1. The smallest absolute Gasteiger partial charge is 0.0250 e. The number of nitrogens with zero attached hydrogens (tertiary/aromatic N) is 2. The lowest BCUT2D eigenvalue weighted by atomic mass is 9.79. The summed E-state index contributed by atoms with van der Waals surface area (Å²) in [5, 5.41) is 0. The Hall–Kier alpha value is -0.120. The summed E-state index contributed by atoms with van der Waals surface area (Å²) in [5.74, 6) is 0.933. The van der Waals surface area contributed by atoms with Gasteiger partial charge in [0.2, 0.25) is 0 Å². The van der Waals surface area contributed by atoms with Crippen molar-refractivity contribution < 1.29 is 0 Å². The second-order valence-electron chi connectivity index (χ2n) is 7.53. The summed E-state index contributed by atoms with van der Waals surface area (Å²) in [6.07, 6.45) is 10.9. The Morgan fingerprint density at radius 1 is 1.05 bits per heavy atom. The molecule has 2 N–H and O–H groups in total. The van der Waals surface area contributed by atoms with E-state index in [2.05, 4.69) is 23.8 Å². The van der Waals surface area contributed by atoms with Gasteiger partial charge in [-0.05, 0) is 51.5 Å². The standard InChI is InChI=1S/C17H33N3/c1-3-4-13-5-8-16(18)17(11-13)20-10-9-14-6-7-15(12-20)19(14)2/h13-17H,3-12,18H2,1-2H3. The predicted molar refractivity (Wildman–Crippen MR) is 84.8 cm³/mol. The van der Waals surface area contributed by atoms with Crippen LogP contribution < -0.4 is 5.73 Å². The number of hydrogen-bond acceptors (Lipinski definition) is 3. The molecule has 3 heteroatoms. The van der Waals surface area contributed by atoms with Crippen LogP contribution in [-0.4, -0.2) is 54.1 Å². The van der Waals surface area contributed by atoms with E-state index in [9.17, 15) is 0 Å². The highest BCUT2D eigenvalue weighted by Gasteiger charge is 2.39.